The third kappa shape index (κ3) is 5.96. The number of fused-ring (bicyclic) bond motifs is 7. The summed E-state index contributed by atoms with van der Waals surface area (Å²) < 4.78 is 4.99. The first-order chi connectivity index (χ1) is 28.3. The summed E-state index contributed by atoms with van der Waals surface area (Å²) >= 11 is 1.87. The highest BCUT2D eigenvalue weighted by molar-refractivity contribution is 7.26. The molecular formula is C54H40N2S. The van der Waals surface area contributed by atoms with Gasteiger partial charge in [-0.2, -0.15) is 0 Å². The van der Waals surface area contributed by atoms with Gasteiger partial charge in [0, 0.05) is 43.0 Å². The summed E-state index contributed by atoms with van der Waals surface area (Å²) in [7, 11) is 0. The smallest absolute Gasteiger partial charge is 0.0640 e. The molecule has 11 rings (SSSR count). The number of hydrogen-bond donors (Lipinski definition) is 0. The molecule has 0 unspecified atom stereocenters. The minimum Gasteiger partial charge on any atom is -0.309 e. The van der Waals surface area contributed by atoms with Crippen LogP contribution in [0.25, 0.3) is 80.7 Å². The standard InChI is InChI=1S/C52H34N2S.C2H6/c1-2-12-35(13-3-1)36-24-29-40(30-25-36)53-48-20-8-6-17-43(48)46-34-39(28-33-49(46)53)37-26-31-41(32-27-37)54(47-21-10-15-38-14-4-5-16-42(38)47)50-22-11-19-45-44-18-7-9-23-51(44)55-52(45)50;1-2/h1-34H;1-2H3. The summed E-state index contributed by atoms with van der Waals surface area (Å²) in [6.45, 7) is 4.00. The van der Waals surface area contributed by atoms with Crippen molar-refractivity contribution >= 4 is 81.1 Å². The topological polar surface area (TPSA) is 8.17 Å². The molecule has 0 aliphatic heterocycles. The Balaban J connectivity index is 0.00000195. The van der Waals surface area contributed by atoms with Crippen LogP contribution in [0.1, 0.15) is 13.8 Å². The number of thiophene rings is 1. The highest BCUT2D eigenvalue weighted by Gasteiger charge is 2.20. The summed E-state index contributed by atoms with van der Waals surface area (Å²) in [6, 6.07) is 75.1. The quantitative estimate of drug-likeness (QED) is 0.164. The maximum Gasteiger partial charge on any atom is 0.0640 e. The van der Waals surface area contributed by atoms with E-state index >= 15 is 0 Å². The van der Waals surface area contributed by atoms with Crippen LogP contribution >= 0.6 is 11.3 Å². The molecule has 0 aliphatic rings. The van der Waals surface area contributed by atoms with Crippen LogP contribution in [0.15, 0.2) is 206 Å². The molecule has 9 aromatic carbocycles. The molecule has 272 valence electrons. The largest absolute Gasteiger partial charge is 0.309 e. The van der Waals surface area contributed by atoms with Gasteiger partial charge in [0.2, 0.25) is 0 Å². The number of anilines is 3. The van der Waals surface area contributed by atoms with Crippen molar-refractivity contribution in [2.45, 2.75) is 13.8 Å². The molecule has 0 radical (unpaired) electrons. The minimum atomic E-state index is 1.13. The number of hydrogen-bond acceptors (Lipinski definition) is 2. The second kappa shape index (κ2) is 14.6. The summed E-state index contributed by atoms with van der Waals surface area (Å²) in [5.74, 6) is 0. The minimum absolute atomic E-state index is 1.13. The number of aromatic nitrogens is 1. The van der Waals surface area contributed by atoms with E-state index in [1.54, 1.807) is 0 Å². The summed E-state index contributed by atoms with van der Waals surface area (Å²) in [6.07, 6.45) is 0. The van der Waals surface area contributed by atoms with Crippen molar-refractivity contribution in [3.63, 3.8) is 0 Å². The van der Waals surface area contributed by atoms with E-state index in [4.69, 9.17) is 0 Å². The fourth-order valence-corrected chi connectivity index (χ4v) is 9.59. The van der Waals surface area contributed by atoms with E-state index in [2.05, 4.69) is 216 Å². The lowest BCUT2D eigenvalue weighted by molar-refractivity contribution is 1.18. The molecule has 0 atom stereocenters. The van der Waals surface area contributed by atoms with Gasteiger partial charge in [-0.15, -0.1) is 11.3 Å². The van der Waals surface area contributed by atoms with E-state index < -0.39 is 0 Å². The van der Waals surface area contributed by atoms with E-state index in [0.717, 1.165) is 11.4 Å². The first kappa shape index (κ1) is 34.5. The third-order valence-corrected chi connectivity index (χ3v) is 12.2. The van der Waals surface area contributed by atoms with E-state index in [9.17, 15) is 0 Å². The molecule has 0 amide bonds. The lowest BCUT2D eigenvalue weighted by Crippen LogP contribution is -2.10. The van der Waals surface area contributed by atoms with Crippen LogP contribution in [0.5, 0.6) is 0 Å². The Bertz CT molecular complexity index is 3180. The zero-order valence-electron chi connectivity index (χ0n) is 31.9. The molecule has 57 heavy (non-hydrogen) atoms. The first-order valence-corrected chi connectivity index (χ1v) is 20.6. The van der Waals surface area contributed by atoms with Crippen LogP contribution in [-0.2, 0) is 0 Å². The predicted octanol–water partition coefficient (Wildman–Crippen LogP) is 16.1. The molecule has 2 heterocycles. The summed E-state index contributed by atoms with van der Waals surface area (Å²) in [5.41, 5.74) is 11.9. The Morgan fingerprint density at radius 2 is 0.947 bits per heavy atom. The molecule has 11 aromatic rings. The molecule has 0 aliphatic carbocycles. The molecule has 0 bridgehead atoms. The van der Waals surface area contributed by atoms with E-state index in [-0.39, 0.29) is 0 Å². The molecule has 0 N–H and O–H groups in total. The van der Waals surface area contributed by atoms with Gasteiger partial charge in [-0.1, -0.05) is 159 Å². The fraction of sp³-hybridized carbons (Fsp3) is 0.0370. The highest BCUT2D eigenvalue weighted by atomic mass is 32.1. The number of para-hydroxylation sites is 1. The van der Waals surface area contributed by atoms with Gasteiger partial charge in [0.05, 0.1) is 27.1 Å². The number of benzene rings is 9. The predicted molar refractivity (Wildman–Crippen MR) is 248 cm³/mol. The van der Waals surface area contributed by atoms with Gasteiger partial charge >= 0.3 is 0 Å². The van der Waals surface area contributed by atoms with E-state index in [1.807, 2.05) is 25.2 Å². The van der Waals surface area contributed by atoms with E-state index in [0.29, 0.717) is 0 Å². The Kier molecular flexibility index (Phi) is 8.86. The third-order valence-electron chi connectivity index (χ3n) is 11.0. The maximum atomic E-state index is 2.45. The SMILES string of the molecule is CC.c1ccc(-c2ccc(-n3c4ccccc4c4cc(-c5ccc(N(c6cccc7ccccc67)c6cccc7c6sc6ccccc67)cc5)ccc43)cc2)cc1. The van der Waals surface area contributed by atoms with Crippen molar-refractivity contribution in [1.29, 1.82) is 0 Å². The maximum absolute atomic E-state index is 2.45. The van der Waals surface area contributed by atoms with Crippen molar-refractivity contribution in [2.24, 2.45) is 0 Å². The second-order valence-corrected chi connectivity index (χ2v) is 15.2. The Morgan fingerprint density at radius 1 is 0.386 bits per heavy atom. The van der Waals surface area contributed by atoms with Crippen LogP contribution in [0.2, 0.25) is 0 Å². The molecule has 0 saturated heterocycles. The first-order valence-electron chi connectivity index (χ1n) is 19.8. The van der Waals surface area contributed by atoms with E-state index in [1.165, 1.54) is 86.4 Å². The van der Waals surface area contributed by atoms with Crippen molar-refractivity contribution in [1.82, 2.24) is 4.57 Å². The molecule has 0 saturated carbocycles. The lowest BCUT2D eigenvalue weighted by Gasteiger charge is -2.27. The van der Waals surface area contributed by atoms with Gasteiger partial charge in [-0.3, -0.25) is 0 Å². The van der Waals surface area contributed by atoms with Crippen LogP contribution in [0.4, 0.5) is 17.1 Å². The highest BCUT2D eigenvalue weighted by Crippen LogP contribution is 2.46. The van der Waals surface area contributed by atoms with Gasteiger partial charge in [-0.05, 0) is 88.3 Å². The Morgan fingerprint density at radius 3 is 1.77 bits per heavy atom. The average Bonchev–Trinajstić information content (AvgIpc) is 3.84. The second-order valence-electron chi connectivity index (χ2n) is 14.1. The zero-order chi connectivity index (χ0) is 38.3. The summed E-state index contributed by atoms with van der Waals surface area (Å²) in [5, 5.41) is 7.55. The Hall–Kier alpha value is -6.94. The van der Waals surface area contributed by atoms with Gasteiger partial charge in [-0.25, -0.2) is 0 Å². The number of rotatable bonds is 6. The van der Waals surface area contributed by atoms with Gasteiger partial charge in [0.25, 0.3) is 0 Å². The van der Waals surface area contributed by atoms with Crippen LogP contribution in [0.3, 0.4) is 0 Å². The Labute approximate surface area is 337 Å². The van der Waals surface area contributed by atoms with Gasteiger partial charge in [0.15, 0.2) is 0 Å². The molecule has 2 nitrogen and oxygen atoms in total. The van der Waals surface area contributed by atoms with Gasteiger partial charge in [0.1, 0.15) is 0 Å². The zero-order valence-corrected chi connectivity index (χ0v) is 32.7. The number of nitrogens with zero attached hydrogens (tertiary/aromatic N) is 2. The van der Waals surface area contributed by atoms with Crippen molar-refractivity contribution < 1.29 is 0 Å². The summed E-state index contributed by atoms with van der Waals surface area (Å²) in [4.78, 5) is 2.45. The monoisotopic (exact) mass is 748 g/mol. The lowest BCUT2D eigenvalue weighted by atomic mass is 10.0. The van der Waals surface area contributed by atoms with Crippen molar-refractivity contribution in [3.05, 3.63) is 206 Å². The van der Waals surface area contributed by atoms with Crippen LogP contribution < -0.4 is 4.90 Å². The van der Waals surface area contributed by atoms with Gasteiger partial charge < -0.3 is 9.47 Å². The van der Waals surface area contributed by atoms with Crippen LogP contribution in [0, 0.1) is 0 Å². The molecule has 0 fully saturated rings. The molecular weight excluding hydrogens is 709 g/mol. The van der Waals surface area contributed by atoms with Crippen LogP contribution in [-0.4, -0.2) is 4.57 Å². The normalized spacial score (nSPS) is 11.3. The molecule has 3 heteroatoms. The fourth-order valence-electron chi connectivity index (χ4n) is 8.39. The van der Waals surface area contributed by atoms with Crippen molar-refractivity contribution in [2.75, 3.05) is 4.90 Å². The molecule has 0 spiro atoms. The molecule has 2 aromatic heterocycles. The van der Waals surface area contributed by atoms with Crippen molar-refractivity contribution in [3.8, 4) is 27.9 Å². The average molecular weight is 749 g/mol.